The average molecular weight is 365 g/mol. The van der Waals surface area contributed by atoms with Gasteiger partial charge in [0, 0.05) is 13.1 Å². The van der Waals surface area contributed by atoms with Gasteiger partial charge in [-0.05, 0) is 35.9 Å². The molecule has 2 atom stereocenters. The number of carbonyl (C=O) groups is 1. The molecule has 1 heterocycles. The van der Waals surface area contributed by atoms with Crippen LogP contribution in [0.15, 0.2) is 48.5 Å². The summed E-state index contributed by atoms with van der Waals surface area (Å²) in [6, 6.07) is 10.7. The van der Waals surface area contributed by atoms with Gasteiger partial charge in [0.05, 0.1) is 17.4 Å². The molecule has 6 heteroatoms. The van der Waals surface area contributed by atoms with Crippen molar-refractivity contribution in [2.75, 3.05) is 19.6 Å². The van der Waals surface area contributed by atoms with Crippen LogP contribution in [0.25, 0.3) is 0 Å². The van der Waals surface area contributed by atoms with E-state index in [0.717, 1.165) is 12.1 Å². The van der Waals surface area contributed by atoms with Gasteiger partial charge in [-0.15, -0.1) is 0 Å². The monoisotopic (exact) mass is 365 g/mol. The van der Waals surface area contributed by atoms with Crippen LogP contribution in [0.4, 0.5) is 17.6 Å². The number of ketones is 1. The third kappa shape index (κ3) is 3.80. The van der Waals surface area contributed by atoms with E-state index < -0.39 is 29.4 Å². The maximum atomic E-state index is 13.2. The Bertz CT molecular complexity index is 785. The molecule has 0 N–H and O–H groups in total. The number of likely N-dealkylation sites (tertiary alicyclic amines) is 1. The van der Waals surface area contributed by atoms with Crippen molar-refractivity contribution >= 4 is 5.78 Å². The summed E-state index contributed by atoms with van der Waals surface area (Å²) in [5.74, 6) is -1.63. The molecule has 0 bridgehead atoms. The second-order valence-electron chi connectivity index (χ2n) is 6.53. The number of alkyl halides is 3. The highest BCUT2D eigenvalue weighted by atomic mass is 19.4. The van der Waals surface area contributed by atoms with Crippen LogP contribution in [0, 0.1) is 5.82 Å². The van der Waals surface area contributed by atoms with Crippen molar-refractivity contribution in [3.05, 3.63) is 71.0 Å². The van der Waals surface area contributed by atoms with E-state index in [0.29, 0.717) is 30.8 Å². The van der Waals surface area contributed by atoms with Crippen LogP contribution in [-0.2, 0) is 11.0 Å². The van der Waals surface area contributed by atoms with Crippen molar-refractivity contribution in [3.8, 4) is 0 Å². The van der Waals surface area contributed by atoms with Gasteiger partial charge in [0.25, 0.3) is 0 Å². The second kappa shape index (κ2) is 7.19. The SMILES string of the molecule is CCN1CC(c2ccc(F)cc2)C(=O)C(c2cccc(C(F)(F)F)c2)C1. The van der Waals surface area contributed by atoms with E-state index in [1.165, 1.54) is 18.2 Å². The topological polar surface area (TPSA) is 20.3 Å². The predicted molar refractivity (Wildman–Crippen MR) is 90.4 cm³/mol. The molecule has 0 amide bonds. The minimum atomic E-state index is -4.45. The lowest BCUT2D eigenvalue weighted by atomic mass is 9.79. The zero-order valence-electron chi connectivity index (χ0n) is 14.3. The maximum absolute atomic E-state index is 13.2. The summed E-state index contributed by atoms with van der Waals surface area (Å²) in [7, 11) is 0. The van der Waals surface area contributed by atoms with E-state index in [1.807, 2.05) is 11.8 Å². The number of Topliss-reactive ketones (excluding diaryl/α,β-unsaturated/α-hetero) is 1. The molecule has 138 valence electrons. The van der Waals surface area contributed by atoms with Gasteiger partial charge < -0.3 is 4.90 Å². The number of rotatable bonds is 3. The van der Waals surface area contributed by atoms with E-state index in [1.54, 1.807) is 18.2 Å². The van der Waals surface area contributed by atoms with Crippen LogP contribution in [-0.4, -0.2) is 30.3 Å². The van der Waals surface area contributed by atoms with Gasteiger partial charge >= 0.3 is 6.18 Å². The van der Waals surface area contributed by atoms with Crippen LogP contribution < -0.4 is 0 Å². The Balaban J connectivity index is 1.96. The normalized spacial score (nSPS) is 21.8. The lowest BCUT2D eigenvalue weighted by Gasteiger charge is -2.36. The molecular weight excluding hydrogens is 346 g/mol. The van der Waals surface area contributed by atoms with Crippen LogP contribution in [0.1, 0.15) is 35.4 Å². The molecule has 1 saturated heterocycles. The summed E-state index contributed by atoms with van der Waals surface area (Å²) in [6.07, 6.45) is -4.45. The number of hydrogen-bond donors (Lipinski definition) is 0. The minimum Gasteiger partial charge on any atom is -0.302 e. The Morgan fingerprint density at radius 2 is 1.62 bits per heavy atom. The lowest BCUT2D eigenvalue weighted by molar-refractivity contribution is -0.137. The number of carbonyl (C=O) groups excluding carboxylic acids is 1. The largest absolute Gasteiger partial charge is 0.416 e. The van der Waals surface area contributed by atoms with Gasteiger partial charge in [-0.25, -0.2) is 4.39 Å². The summed E-state index contributed by atoms with van der Waals surface area (Å²) in [6.45, 7) is 3.49. The number of piperidine rings is 1. The van der Waals surface area contributed by atoms with Crippen molar-refractivity contribution in [2.24, 2.45) is 0 Å². The summed E-state index contributed by atoms with van der Waals surface area (Å²) in [5, 5.41) is 0. The van der Waals surface area contributed by atoms with Gasteiger partial charge in [-0.1, -0.05) is 37.3 Å². The van der Waals surface area contributed by atoms with Crippen molar-refractivity contribution in [1.29, 1.82) is 0 Å². The highest BCUT2D eigenvalue weighted by Gasteiger charge is 2.38. The molecule has 0 spiro atoms. The molecule has 2 nitrogen and oxygen atoms in total. The highest BCUT2D eigenvalue weighted by molar-refractivity contribution is 5.93. The number of likely N-dealkylation sites (N-methyl/N-ethyl adjacent to an activating group) is 1. The quantitative estimate of drug-likeness (QED) is 0.740. The van der Waals surface area contributed by atoms with Crippen LogP contribution in [0.3, 0.4) is 0 Å². The van der Waals surface area contributed by atoms with Gasteiger partial charge in [0.1, 0.15) is 11.6 Å². The van der Waals surface area contributed by atoms with Crippen LogP contribution in [0.2, 0.25) is 0 Å². The van der Waals surface area contributed by atoms with Crippen molar-refractivity contribution < 1.29 is 22.4 Å². The second-order valence-corrected chi connectivity index (χ2v) is 6.53. The molecule has 0 saturated carbocycles. The maximum Gasteiger partial charge on any atom is 0.416 e. The summed E-state index contributed by atoms with van der Waals surface area (Å²) in [5.41, 5.74) is 0.302. The molecule has 26 heavy (non-hydrogen) atoms. The first-order chi connectivity index (χ1) is 12.3. The van der Waals surface area contributed by atoms with Crippen LogP contribution in [0.5, 0.6) is 0 Å². The van der Waals surface area contributed by atoms with Gasteiger partial charge in [-0.3, -0.25) is 4.79 Å². The zero-order chi connectivity index (χ0) is 18.9. The highest BCUT2D eigenvalue weighted by Crippen LogP contribution is 2.36. The Morgan fingerprint density at radius 3 is 2.19 bits per heavy atom. The molecule has 1 fully saturated rings. The van der Waals surface area contributed by atoms with Gasteiger partial charge in [-0.2, -0.15) is 13.2 Å². The summed E-state index contributed by atoms with van der Waals surface area (Å²) in [4.78, 5) is 15.1. The Morgan fingerprint density at radius 1 is 1.00 bits per heavy atom. The Hall–Kier alpha value is -2.21. The number of halogens is 4. The van der Waals surface area contributed by atoms with E-state index >= 15 is 0 Å². The lowest BCUT2D eigenvalue weighted by Crippen LogP contribution is -2.44. The molecular formula is C20H19F4NO. The summed E-state index contributed by atoms with van der Waals surface area (Å²) >= 11 is 0. The van der Waals surface area contributed by atoms with E-state index in [4.69, 9.17) is 0 Å². The third-order valence-corrected chi connectivity index (χ3v) is 4.90. The van der Waals surface area contributed by atoms with Crippen molar-refractivity contribution in [2.45, 2.75) is 24.9 Å². The first kappa shape index (κ1) is 18.6. The molecule has 0 aromatic heterocycles. The zero-order valence-corrected chi connectivity index (χ0v) is 14.3. The average Bonchev–Trinajstić information content (AvgIpc) is 2.62. The molecule has 0 radical (unpaired) electrons. The molecule has 1 aliphatic rings. The third-order valence-electron chi connectivity index (χ3n) is 4.90. The molecule has 2 aromatic rings. The van der Waals surface area contributed by atoms with E-state index in [9.17, 15) is 22.4 Å². The predicted octanol–water partition coefficient (Wildman–Crippen LogP) is 4.62. The van der Waals surface area contributed by atoms with Gasteiger partial charge in [0.2, 0.25) is 0 Å². The molecule has 1 aliphatic heterocycles. The fourth-order valence-corrected chi connectivity index (χ4v) is 3.44. The number of benzene rings is 2. The first-order valence-electron chi connectivity index (χ1n) is 8.48. The smallest absolute Gasteiger partial charge is 0.302 e. The molecule has 2 aromatic carbocycles. The summed E-state index contributed by atoms with van der Waals surface area (Å²) < 4.78 is 52.3. The van der Waals surface area contributed by atoms with E-state index in [2.05, 4.69) is 0 Å². The molecule has 0 aliphatic carbocycles. The standard InChI is InChI=1S/C20H19F4NO/c1-2-25-11-17(13-6-8-16(21)9-7-13)19(26)18(12-25)14-4-3-5-15(10-14)20(22,23)24/h3-10,17-18H,2,11-12H2,1H3. The molecule has 3 rings (SSSR count). The Kier molecular flexibility index (Phi) is 5.14. The fraction of sp³-hybridized carbons (Fsp3) is 0.350. The van der Waals surface area contributed by atoms with Crippen molar-refractivity contribution in [1.82, 2.24) is 4.90 Å². The van der Waals surface area contributed by atoms with Crippen molar-refractivity contribution in [3.63, 3.8) is 0 Å². The minimum absolute atomic E-state index is 0.124. The number of nitrogens with zero attached hydrogens (tertiary/aromatic N) is 1. The Labute approximate surface area is 149 Å². The van der Waals surface area contributed by atoms with Crippen LogP contribution >= 0.6 is 0 Å². The van der Waals surface area contributed by atoms with Gasteiger partial charge in [0.15, 0.2) is 0 Å². The fourth-order valence-electron chi connectivity index (χ4n) is 3.44. The number of hydrogen-bond acceptors (Lipinski definition) is 2. The molecule has 2 unspecified atom stereocenters. The first-order valence-corrected chi connectivity index (χ1v) is 8.48. The van der Waals surface area contributed by atoms with E-state index in [-0.39, 0.29) is 5.78 Å².